The van der Waals surface area contributed by atoms with E-state index in [2.05, 4.69) is 12.2 Å². The highest BCUT2D eigenvalue weighted by molar-refractivity contribution is 7.86. The van der Waals surface area contributed by atoms with Crippen molar-refractivity contribution < 1.29 is 4.21 Å². The van der Waals surface area contributed by atoms with Crippen LogP contribution < -0.4 is 5.32 Å². The van der Waals surface area contributed by atoms with Crippen LogP contribution >= 0.6 is 0 Å². The Bertz CT molecular complexity index is 263. The Morgan fingerprint density at radius 1 is 1.00 bits per heavy atom. The molecule has 1 N–H and O–H groups in total. The van der Waals surface area contributed by atoms with Gasteiger partial charge in [-0.2, -0.15) is 0 Å². The van der Waals surface area contributed by atoms with Crippen molar-refractivity contribution >= 4 is 10.8 Å². The Kier molecular flexibility index (Phi) is 6.16. The molecule has 0 spiro atoms. The number of rotatable bonds is 5. The zero-order valence-electron chi connectivity index (χ0n) is 11.8. The van der Waals surface area contributed by atoms with E-state index < -0.39 is 10.8 Å². The van der Waals surface area contributed by atoms with Crippen molar-refractivity contribution in [2.75, 3.05) is 6.54 Å². The van der Waals surface area contributed by atoms with Gasteiger partial charge in [0.05, 0.1) is 5.25 Å². The molecule has 3 atom stereocenters. The van der Waals surface area contributed by atoms with Crippen molar-refractivity contribution in [3.05, 3.63) is 0 Å². The lowest BCUT2D eigenvalue weighted by Crippen LogP contribution is -2.44. The highest BCUT2D eigenvalue weighted by Crippen LogP contribution is 2.30. The van der Waals surface area contributed by atoms with E-state index in [4.69, 9.17) is 0 Å². The van der Waals surface area contributed by atoms with Crippen LogP contribution in [0.25, 0.3) is 0 Å². The fraction of sp³-hybridized carbons (Fsp3) is 1.00. The van der Waals surface area contributed by atoms with Crippen LogP contribution in [-0.2, 0) is 10.8 Å². The van der Waals surface area contributed by atoms with Gasteiger partial charge in [0.2, 0.25) is 0 Å². The van der Waals surface area contributed by atoms with Crippen LogP contribution in [0.3, 0.4) is 0 Å². The molecule has 3 heteroatoms. The Morgan fingerprint density at radius 3 is 2.39 bits per heavy atom. The normalized spacial score (nSPS) is 32.3. The largest absolute Gasteiger partial charge is 0.313 e. The van der Waals surface area contributed by atoms with Gasteiger partial charge >= 0.3 is 0 Å². The van der Waals surface area contributed by atoms with Crippen molar-refractivity contribution in [1.82, 2.24) is 5.32 Å². The number of hydrogen-bond donors (Lipinski definition) is 1. The van der Waals surface area contributed by atoms with Crippen LogP contribution in [0.1, 0.15) is 71.1 Å². The molecule has 18 heavy (non-hydrogen) atoms. The van der Waals surface area contributed by atoms with Gasteiger partial charge in [0, 0.05) is 22.1 Å². The van der Waals surface area contributed by atoms with Crippen LogP contribution in [0, 0.1) is 0 Å². The van der Waals surface area contributed by atoms with Gasteiger partial charge in [0.1, 0.15) is 0 Å². The van der Waals surface area contributed by atoms with Gasteiger partial charge in [0.15, 0.2) is 0 Å². The van der Waals surface area contributed by atoms with Crippen molar-refractivity contribution in [2.45, 2.75) is 87.7 Å². The van der Waals surface area contributed by atoms with E-state index in [0.717, 1.165) is 6.54 Å². The Hall–Kier alpha value is 0.110. The highest BCUT2D eigenvalue weighted by Gasteiger charge is 2.33. The molecule has 0 bridgehead atoms. The van der Waals surface area contributed by atoms with Crippen LogP contribution in [0.5, 0.6) is 0 Å². The van der Waals surface area contributed by atoms with Gasteiger partial charge < -0.3 is 5.32 Å². The number of nitrogens with one attached hydrogen (secondary N) is 1. The molecule has 3 unspecified atom stereocenters. The predicted octanol–water partition coefficient (Wildman–Crippen LogP) is 3.38. The first-order valence-electron chi connectivity index (χ1n) is 7.95. The summed E-state index contributed by atoms with van der Waals surface area (Å²) in [5.74, 6) is 0. The number of hydrogen-bond acceptors (Lipinski definition) is 2. The van der Waals surface area contributed by atoms with E-state index in [-0.39, 0.29) is 0 Å². The minimum absolute atomic E-state index is 0.433. The molecule has 2 fully saturated rings. The van der Waals surface area contributed by atoms with Crippen LogP contribution in [0.2, 0.25) is 0 Å². The summed E-state index contributed by atoms with van der Waals surface area (Å²) in [7, 11) is -0.589. The molecule has 0 saturated heterocycles. The molecule has 2 rings (SSSR count). The summed E-state index contributed by atoms with van der Waals surface area (Å²) in [6.07, 6.45) is 12.6. The molecule has 0 heterocycles. The highest BCUT2D eigenvalue weighted by atomic mass is 32.2. The average molecular weight is 271 g/mol. The topological polar surface area (TPSA) is 29.1 Å². The quantitative estimate of drug-likeness (QED) is 0.777. The molecule has 2 nitrogen and oxygen atoms in total. The summed E-state index contributed by atoms with van der Waals surface area (Å²) in [6.45, 7) is 3.30. The fourth-order valence-corrected chi connectivity index (χ4v) is 5.73. The Balaban J connectivity index is 1.97. The van der Waals surface area contributed by atoms with Crippen molar-refractivity contribution in [3.63, 3.8) is 0 Å². The van der Waals surface area contributed by atoms with Gasteiger partial charge in [-0.15, -0.1) is 0 Å². The molecular formula is C15H29NOS. The summed E-state index contributed by atoms with van der Waals surface area (Å²) < 4.78 is 12.8. The molecule has 0 radical (unpaired) electrons. The second-order valence-electron chi connectivity index (χ2n) is 5.97. The van der Waals surface area contributed by atoms with Crippen LogP contribution in [0.15, 0.2) is 0 Å². The second-order valence-corrected chi connectivity index (χ2v) is 7.90. The molecule has 0 amide bonds. The van der Waals surface area contributed by atoms with E-state index in [1.54, 1.807) is 0 Å². The van der Waals surface area contributed by atoms with Gasteiger partial charge in [-0.3, -0.25) is 4.21 Å². The van der Waals surface area contributed by atoms with Gasteiger partial charge in [-0.05, 0) is 38.6 Å². The minimum Gasteiger partial charge on any atom is -0.313 e. The Labute approximate surface area is 115 Å². The molecule has 0 aromatic rings. The lowest BCUT2D eigenvalue weighted by molar-refractivity contribution is 0.461. The average Bonchev–Trinajstić information content (AvgIpc) is 2.82. The SMILES string of the molecule is CCCNC1CCCCCC1S(=O)C1CCCC1. The summed E-state index contributed by atoms with van der Waals surface area (Å²) in [5, 5.41) is 4.62. The van der Waals surface area contributed by atoms with Crippen molar-refractivity contribution in [3.8, 4) is 0 Å². The molecule has 106 valence electrons. The van der Waals surface area contributed by atoms with Crippen LogP contribution in [-0.4, -0.2) is 27.3 Å². The molecule has 0 aliphatic heterocycles. The first kappa shape index (κ1) is 14.5. The first-order chi connectivity index (χ1) is 8.83. The zero-order chi connectivity index (χ0) is 12.8. The maximum absolute atomic E-state index is 12.8. The van der Waals surface area contributed by atoms with Crippen molar-refractivity contribution in [2.24, 2.45) is 0 Å². The minimum atomic E-state index is -0.589. The lowest BCUT2D eigenvalue weighted by atomic mass is 10.1. The third-order valence-electron chi connectivity index (χ3n) is 4.54. The summed E-state index contributed by atoms with van der Waals surface area (Å²) in [6, 6.07) is 0.522. The Morgan fingerprint density at radius 2 is 1.67 bits per heavy atom. The third kappa shape index (κ3) is 3.80. The fourth-order valence-electron chi connectivity index (χ4n) is 3.48. The molecule has 2 aliphatic carbocycles. The maximum atomic E-state index is 12.8. The lowest BCUT2D eigenvalue weighted by Gasteiger charge is -2.28. The molecule has 0 aromatic carbocycles. The van der Waals surface area contributed by atoms with E-state index in [0.29, 0.717) is 16.5 Å². The molecule has 0 aromatic heterocycles. The smallest absolute Gasteiger partial charge is 0.0504 e. The summed E-state index contributed by atoms with van der Waals surface area (Å²) >= 11 is 0. The second kappa shape index (κ2) is 7.64. The van der Waals surface area contributed by atoms with E-state index in [1.807, 2.05) is 0 Å². The summed E-state index contributed by atoms with van der Waals surface area (Å²) in [5.41, 5.74) is 0. The monoisotopic (exact) mass is 271 g/mol. The first-order valence-corrected chi connectivity index (χ1v) is 9.23. The van der Waals surface area contributed by atoms with Gasteiger partial charge in [-0.1, -0.05) is 39.0 Å². The standard InChI is InChI=1S/C15H29NOS/c1-2-12-16-14-10-4-3-5-11-15(14)18(17)13-8-6-7-9-13/h13-16H,2-12H2,1H3. The molecule has 2 aliphatic rings. The van der Waals surface area contributed by atoms with Crippen molar-refractivity contribution in [1.29, 1.82) is 0 Å². The molecule has 2 saturated carbocycles. The van der Waals surface area contributed by atoms with E-state index in [9.17, 15) is 4.21 Å². The van der Waals surface area contributed by atoms with Crippen LogP contribution in [0.4, 0.5) is 0 Å². The predicted molar refractivity (Wildman–Crippen MR) is 79.4 cm³/mol. The van der Waals surface area contributed by atoms with E-state index in [1.165, 1.54) is 64.2 Å². The maximum Gasteiger partial charge on any atom is 0.0504 e. The van der Waals surface area contributed by atoms with Gasteiger partial charge in [-0.25, -0.2) is 0 Å². The third-order valence-corrected chi connectivity index (χ3v) is 6.83. The zero-order valence-corrected chi connectivity index (χ0v) is 12.6. The van der Waals surface area contributed by atoms with E-state index >= 15 is 0 Å². The van der Waals surface area contributed by atoms with Gasteiger partial charge in [0.25, 0.3) is 0 Å². The summed E-state index contributed by atoms with van der Waals surface area (Å²) in [4.78, 5) is 0. The molecular weight excluding hydrogens is 242 g/mol.